The van der Waals surface area contributed by atoms with E-state index in [9.17, 15) is 4.39 Å². The van der Waals surface area contributed by atoms with E-state index in [1.54, 1.807) is 18.5 Å². The van der Waals surface area contributed by atoms with Gasteiger partial charge >= 0.3 is 0 Å². The first kappa shape index (κ1) is 16.4. The van der Waals surface area contributed by atoms with E-state index in [1.807, 2.05) is 47.4 Å². The van der Waals surface area contributed by atoms with Crippen molar-refractivity contribution in [1.82, 2.24) is 15.0 Å². The molecule has 4 rings (SSSR count). The van der Waals surface area contributed by atoms with E-state index in [1.165, 1.54) is 12.1 Å². The van der Waals surface area contributed by atoms with Crippen LogP contribution in [0.2, 0.25) is 5.02 Å². The quantitative estimate of drug-likeness (QED) is 0.502. The molecule has 0 atom stereocenters. The van der Waals surface area contributed by atoms with E-state index in [0.29, 0.717) is 28.7 Å². The van der Waals surface area contributed by atoms with Crippen LogP contribution in [0.5, 0.6) is 0 Å². The van der Waals surface area contributed by atoms with Gasteiger partial charge in [0, 0.05) is 16.9 Å². The molecule has 0 aliphatic rings. The molecule has 0 N–H and O–H groups in total. The first-order valence-electron chi connectivity index (χ1n) is 8.04. The number of hydrogen-bond donors (Lipinski definition) is 0. The Balaban J connectivity index is 1.80. The molecule has 128 valence electrons. The van der Waals surface area contributed by atoms with Crippen LogP contribution in [0.25, 0.3) is 11.0 Å². The lowest BCUT2D eigenvalue weighted by Gasteiger charge is -2.23. The van der Waals surface area contributed by atoms with Crippen LogP contribution in [0.15, 0.2) is 73.1 Å². The first-order chi connectivity index (χ1) is 12.7. The normalized spacial score (nSPS) is 10.8. The van der Waals surface area contributed by atoms with E-state index in [0.717, 1.165) is 11.1 Å². The van der Waals surface area contributed by atoms with Gasteiger partial charge in [-0.2, -0.15) is 0 Å². The zero-order valence-electron chi connectivity index (χ0n) is 13.7. The lowest BCUT2D eigenvalue weighted by molar-refractivity contribution is 0.627. The van der Waals surface area contributed by atoms with E-state index in [-0.39, 0.29) is 5.82 Å². The molecule has 0 amide bonds. The Labute approximate surface area is 154 Å². The fourth-order valence-electron chi connectivity index (χ4n) is 2.73. The van der Waals surface area contributed by atoms with Gasteiger partial charge in [0.1, 0.15) is 11.3 Å². The summed E-state index contributed by atoms with van der Waals surface area (Å²) >= 11 is 6.11. The average Bonchev–Trinajstić information content (AvgIpc) is 2.66. The largest absolute Gasteiger partial charge is 0.306 e. The summed E-state index contributed by atoms with van der Waals surface area (Å²) in [4.78, 5) is 15.1. The summed E-state index contributed by atoms with van der Waals surface area (Å²) < 4.78 is 13.8. The van der Waals surface area contributed by atoms with Crippen molar-refractivity contribution in [2.75, 3.05) is 4.90 Å². The molecular formula is C20H14ClFN4. The summed E-state index contributed by atoms with van der Waals surface area (Å²) in [5.74, 6) is 0.150. The van der Waals surface area contributed by atoms with E-state index in [2.05, 4.69) is 15.0 Å². The summed E-state index contributed by atoms with van der Waals surface area (Å²) in [6.07, 6.45) is 3.36. The van der Waals surface area contributed by atoms with Crippen LogP contribution in [0.1, 0.15) is 5.56 Å². The van der Waals surface area contributed by atoms with Crippen molar-refractivity contribution in [3.63, 3.8) is 0 Å². The van der Waals surface area contributed by atoms with Gasteiger partial charge in [0.05, 0.1) is 18.3 Å². The van der Waals surface area contributed by atoms with Gasteiger partial charge in [-0.15, -0.1) is 0 Å². The molecule has 0 spiro atoms. The van der Waals surface area contributed by atoms with Gasteiger partial charge in [0.15, 0.2) is 0 Å². The summed E-state index contributed by atoms with van der Waals surface area (Å²) in [5.41, 5.74) is 3.06. The Morgan fingerprint density at radius 2 is 1.81 bits per heavy atom. The lowest BCUT2D eigenvalue weighted by Crippen LogP contribution is -2.19. The predicted molar refractivity (Wildman–Crippen MR) is 101 cm³/mol. The molecule has 4 aromatic rings. The molecule has 0 fully saturated rings. The molecule has 2 aromatic carbocycles. The standard InChI is InChI=1S/C20H14ClFN4/c21-15-5-1-4-14(10-15)13-26(17-7-2-6-16(22)11-17)20-24-12-19-18(25-20)8-3-9-23-19/h1-12H,13H2. The van der Waals surface area contributed by atoms with Gasteiger partial charge in [0.25, 0.3) is 0 Å². The van der Waals surface area contributed by atoms with Crippen LogP contribution in [0, 0.1) is 5.82 Å². The molecule has 0 bridgehead atoms. The number of aromatic nitrogens is 3. The number of pyridine rings is 1. The molecule has 6 heteroatoms. The van der Waals surface area contributed by atoms with Crippen molar-refractivity contribution in [2.45, 2.75) is 6.54 Å². The number of anilines is 2. The number of benzene rings is 2. The summed E-state index contributed by atoms with van der Waals surface area (Å²) in [6.45, 7) is 0.454. The topological polar surface area (TPSA) is 41.9 Å². The number of fused-ring (bicyclic) bond motifs is 1. The van der Waals surface area contributed by atoms with Crippen LogP contribution < -0.4 is 4.90 Å². The maximum absolute atomic E-state index is 13.8. The third-order valence-electron chi connectivity index (χ3n) is 3.93. The highest BCUT2D eigenvalue weighted by Gasteiger charge is 2.15. The minimum absolute atomic E-state index is 0.318. The average molecular weight is 365 g/mol. The highest BCUT2D eigenvalue weighted by Crippen LogP contribution is 2.27. The maximum Gasteiger partial charge on any atom is 0.230 e. The van der Waals surface area contributed by atoms with Crippen molar-refractivity contribution in [3.05, 3.63) is 89.5 Å². The van der Waals surface area contributed by atoms with Crippen molar-refractivity contribution < 1.29 is 4.39 Å². The Morgan fingerprint density at radius 1 is 0.923 bits per heavy atom. The first-order valence-corrected chi connectivity index (χ1v) is 8.42. The molecule has 2 heterocycles. The molecule has 0 aliphatic heterocycles. The van der Waals surface area contributed by atoms with Gasteiger partial charge in [-0.3, -0.25) is 4.98 Å². The SMILES string of the molecule is Fc1cccc(N(Cc2cccc(Cl)c2)c2ncc3ncccc3n2)c1. The third kappa shape index (κ3) is 3.48. The van der Waals surface area contributed by atoms with Crippen molar-refractivity contribution in [1.29, 1.82) is 0 Å². The second-order valence-corrected chi connectivity index (χ2v) is 6.21. The Bertz CT molecular complexity index is 1070. The summed E-state index contributed by atoms with van der Waals surface area (Å²) in [5, 5.41) is 0.644. The molecule has 0 unspecified atom stereocenters. The highest BCUT2D eigenvalue weighted by atomic mass is 35.5. The third-order valence-corrected chi connectivity index (χ3v) is 4.17. The van der Waals surface area contributed by atoms with Gasteiger partial charge in [-0.25, -0.2) is 14.4 Å². The molecule has 0 saturated heterocycles. The second-order valence-electron chi connectivity index (χ2n) is 5.77. The van der Waals surface area contributed by atoms with Crippen LogP contribution >= 0.6 is 11.6 Å². The zero-order chi connectivity index (χ0) is 17.9. The minimum atomic E-state index is -0.318. The highest BCUT2D eigenvalue weighted by molar-refractivity contribution is 6.30. The van der Waals surface area contributed by atoms with Gasteiger partial charge in [-0.05, 0) is 48.0 Å². The molecule has 0 radical (unpaired) electrons. The lowest BCUT2D eigenvalue weighted by atomic mass is 10.2. The fraction of sp³-hybridized carbons (Fsp3) is 0.0500. The second kappa shape index (κ2) is 7.06. The predicted octanol–water partition coefficient (Wildman–Crippen LogP) is 5.16. The van der Waals surface area contributed by atoms with Crippen molar-refractivity contribution in [2.24, 2.45) is 0 Å². The molecule has 2 aromatic heterocycles. The molecule has 4 nitrogen and oxygen atoms in total. The van der Waals surface area contributed by atoms with E-state index < -0.39 is 0 Å². The molecule has 0 saturated carbocycles. The minimum Gasteiger partial charge on any atom is -0.306 e. The van der Waals surface area contributed by atoms with E-state index in [4.69, 9.17) is 11.6 Å². The van der Waals surface area contributed by atoms with Crippen LogP contribution in [-0.2, 0) is 6.54 Å². The van der Waals surface area contributed by atoms with Crippen molar-refractivity contribution in [3.8, 4) is 0 Å². The maximum atomic E-state index is 13.8. The van der Waals surface area contributed by atoms with Crippen LogP contribution in [0.4, 0.5) is 16.0 Å². The Hall–Kier alpha value is -3.05. The molecule has 0 aliphatic carbocycles. The molecular weight excluding hydrogens is 351 g/mol. The van der Waals surface area contributed by atoms with Crippen LogP contribution in [0.3, 0.4) is 0 Å². The zero-order valence-corrected chi connectivity index (χ0v) is 14.4. The number of rotatable bonds is 4. The number of hydrogen-bond acceptors (Lipinski definition) is 4. The molecule has 26 heavy (non-hydrogen) atoms. The fourth-order valence-corrected chi connectivity index (χ4v) is 2.94. The van der Waals surface area contributed by atoms with Crippen LogP contribution in [-0.4, -0.2) is 15.0 Å². The number of halogens is 2. The van der Waals surface area contributed by atoms with Gasteiger partial charge in [0.2, 0.25) is 5.95 Å². The van der Waals surface area contributed by atoms with Gasteiger partial charge in [-0.1, -0.05) is 29.8 Å². The van der Waals surface area contributed by atoms with Crippen molar-refractivity contribution >= 4 is 34.3 Å². The smallest absolute Gasteiger partial charge is 0.230 e. The Kier molecular flexibility index (Phi) is 4.46. The van der Waals surface area contributed by atoms with Gasteiger partial charge < -0.3 is 4.90 Å². The monoisotopic (exact) mass is 364 g/mol. The summed E-state index contributed by atoms with van der Waals surface area (Å²) in [6, 6.07) is 17.6. The van der Waals surface area contributed by atoms with E-state index >= 15 is 0 Å². The number of nitrogens with zero attached hydrogens (tertiary/aromatic N) is 4. The summed E-state index contributed by atoms with van der Waals surface area (Å²) in [7, 11) is 0. The Morgan fingerprint density at radius 3 is 2.65 bits per heavy atom.